The van der Waals surface area contributed by atoms with Crippen LogP contribution in [0.2, 0.25) is 0 Å². The van der Waals surface area contributed by atoms with Crippen LogP contribution in [0.4, 0.5) is 13.2 Å². The van der Waals surface area contributed by atoms with Crippen LogP contribution in [0.5, 0.6) is 0 Å². The Morgan fingerprint density at radius 2 is 1.85 bits per heavy atom. The second kappa shape index (κ2) is 5.83. The van der Waals surface area contributed by atoms with Gasteiger partial charge in [-0.1, -0.05) is 25.5 Å². The molecule has 2 nitrogen and oxygen atoms in total. The van der Waals surface area contributed by atoms with Crippen LogP contribution in [0, 0.1) is 34.5 Å². The highest BCUT2D eigenvalue weighted by Gasteiger charge is 2.62. The summed E-state index contributed by atoms with van der Waals surface area (Å²) in [7, 11) is 0. The molecular weight excluding hydrogens is 341 g/mol. The number of carbonyl (C=O) groups excluding carboxylic acids is 1. The standard InChI is InChI=1S/C21H29F3O2/c1-19-9-7-13(25)11-12(19)3-4-14-15-5-6-17(18(26)21(22,23)24)20(15,2)10-8-16(14)19/h3,13-17,25H,4-11H2,1-2H3/t13-,14-,15-,16-,17+,19-,20-/m0/s1. The van der Waals surface area contributed by atoms with Crippen molar-refractivity contribution in [2.75, 3.05) is 0 Å². The molecule has 4 rings (SSSR count). The number of allylic oxidation sites excluding steroid dienone is 1. The van der Waals surface area contributed by atoms with Crippen molar-refractivity contribution in [1.29, 1.82) is 0 Å². The van der Waals surface area contributed by atoms with Gasteiger partial charge in [-0.05, 0) is 80.0 Å². The molecule has 7 atom stereocenters. The smallest absolute Gasteiger partial charge is 0.393 e. The van der Waals surface area contributed by atoms with Gasteiger partial charge < -0.3 is 5.11 Å². The van der Waals surface area contributed by atoms with Crippen LogP contribution in [0.25, 0.3) is 0 Å². The van der Waals surface area contributed by atoms with E-state index in [1.54, 1.807) is 0 Å². The normalized spacial score (nSPS) is 48.2. The molecule has 5 heteroatoms. The Kier molecular flexibility index (Phi) is 4.15. The molecule has 0 radical (unpaired) electrons. The van der Waals surface area contributed by atoms with Gasteiger partial charge in [-0.25, -0.2) is 0 Å². The van der Waals surface area contributed by atoms with Crippen LogP contribution in [0.1, 0.15) is 65.2 Å². The third kappa shape index (κ3) is 2.52. The molecule has 4 aliphatic rings. The van der Waals surface area contributed by atoms with Gasteiger partial charge in [-0.15, -0.1) is 0 Å². The maximum absolute atomic E-state index is 13.1. The van der Waals surface area contributed by atoms with E-state index in [0.29, 0.717) is 18.3 Å². The summed E-state index contributed by atoms with van der Waals surface area (Å²) >= 11 is 0. The average Bonchev–Trinajstić information content (AvgIpc) is 2.91. The highest BCUT2D eigenvalue weighted by molar-refractivity contribution is 5.87. The van der Waals surface area contributed by atoms with Gasteiger partial charge in [-0.2, -0.15) is 13.2 Å². The zero-order valence-corrected chi connectivity index (χ0v) is 15.6. The zero-order chi connectivity index (χ0) is 18.9. The number of aliphatic hydroxyl groups is 1. The van der Waals surface area contributed by atoms with Crippen LogP contribution < -0.4 is 0 Å². The van der Waals surface area contributed by atoms with Gasteiger partial charge in [0.05, 0.1) is 6.10 Å². The topological polar surface area (TPSA) is 37.3 Å². The van der Waals surface area contributed by atoms with Crippen molar-refractivity contribution < 1.29 is 23.1 Å². The lowest BCUT2D eigenvalue weighted by molar-refractivity contribution is -0.181. The van der Waals surface area contributed by atoms with E-state index in [0.717, 1.165) is 44.9 Å². The third-order valence-corrected chi connectivity index (χ3v) is 8.67. The maximum Gasteiger partial charge on any atom is 0.450 e. The molecule has 0 saturated heterocycles. The van der Waals surface area contributed by atoms with E-state index in [9.17, 15) is 23.1 Å². The van der Waals surface area contributed by atoms with E-state index in [4.69, 9.17) is 0 Å². The maximum atomic E-state index is 13.1. The first-order valence-corrected chi connectivity index (χ1v) is 10.1. The van der Waals surface area contributed by atoms with Crippen LogP contribution in [-0.4, -0.2) is 23.2 Å². The minimum absolute atomic E-state index is 0.0790. The van der Waals surface area contributed by atoms with Gasteiger partial charge in [0, 0.05) is 5.92 Å². The minimum atomic E-state index is -4.72. The number of alkyl halides is 3. The number of hydrogen-bond donors (Lipinski definition) is 1. The first kappa shape index (κ1) is 18.5. The van der Waals surface area contributed by atoms with E-state index in [1.807, 2.05) is 6.92 Å². The highest BCUT2D eigenvalue weighted by atomic mass is 19.4. The van der Waals surface area contributed by atoms with Crippen molar-refractivity contribution in [3.63, 3.8) is 0 Å². The Morgan fingerprint density at radius 3 is 2.54 bits per heavy atom. The molecule has 0 aromatic carbocycles. The molecule has 0 aromatic rings. The van der Waals surface area contributed by atoms with Gasteiger partial charge >= 0.3 is 6.18 Å². The Bertz CT molecular complexity index is 640. The van der Waals surface area contributed by atoms with Gasteiger partial charge in [0.25, 0.3) is 0 Å². The summed E-state index contributed by atoms with van der Waals surface area (Å²) in [6.45, 7) is 4.25. The fraction of sp³-hybridized carbons (Fsp3) is 0.857. The van der Waals surface area contributed by atoms with E-state index in [-0.39, 0.29) is 17.4 Å². The van der Waals surface area contributed by atoms with Crippen molar-refractivity contribution in [1.82, 2.24) is 0 Å². The van der Waals surface area contributed by atoms with Crippen LogP contribution in [0.15, 0.2) is 11.6 Å². The minimum Gasteiger partial charge on any atom is -0.393 e. The van der Waals surface area contributed by atoms with Crippen LogP contribution in [0.3, 0.4) is 0 Å². The third-order valence-electron chi connectivity index (χ3n) is 8.67. The molecule has 0 heterocycles. The second-order valence-electron chi connectivity index (χ2n) is 9.69. The fourth-order valence-electron chi connectivity index (χ4n) is 7.27. The SMILES string of the molecule is C[C@]12CC[C@H]3[C@@H](CC=C4C[C@@H](O)CC[C@@]43C)[C@@H]1CC[C@@H]2C(=O)C(F)(F)F. The Labute approximate surface area is 153 Å². The number of aliphatic hydroxyl groups excluding tert-OH is 1. The summed E-state index contributed by atoms with van der Waals surface area (Å²) in [5.74, 6) is -1.30. The summed E-state index contributed by atoms with van der Waals surface area (Å²) in [6, 6.07) is 0. The van der Waals surface area contributed by atoms with Gasteiger partial charge in [0.15, 0.2) is 0 Å². The number of fused-ring (bicyclic) bond motifs is 5. The van der Waals surface area contributed by atoms with Crippen molar-refractivity contribution in [2.24, 2.45) is 34.5 Å². The fourth-order valence-corrected chi connectivity index (χ4v) is 7.27. The molecule has 4 aliphatic carbocycles. The molecular formula is C21H29F3O2. The van der Waals surface area contributed by atoms with E-state index in [2.05, 4.69) is 13.0 Å². The quantitative estimate of drug-likeness (QED) is 0.655. The number of carbonyl (C=O) groups is 1. The van der Waals surface area contributed by atoms with Crippen molar-refractivity contribution in [2.45, 2.75) is 77.5 Å². The lowest BCUT2D eigenvalue weighted by atomic mass is 9.47. The van der Waals surface area contributed by atoms with Crippen LogP contribution in [-0.2, 0) is 4.79 Å². The van der Waals surface area contributed by atoms with Gasteiger partial charge in [-0.3, -0.25) is 4.79 Å². The molecule has 0 unspecified atom stereocenters. The van der Waals surface area contributed by atoms with Gasteiger partial charge in [0.1, 0.15) is 0 Å². The van der Waals surface area contributed by atoms with Crippen molar-refractivity contribution in [3.05, 3.63) is 11.6 Å². The molecule has 0 bridgehead atoms. The predicted octanol–water partition coefficient (Wildman–Crippen LogP) is 5.06. The van der Waals surface area contributed by atoms with E-state index >= 15 is 0 Å². The largest absolute Gasteiger partial charge is 0.450 e. The van der Waals surface area contributed by atoms with E-state index in [1.165, 1.54) is 5.57 Å². The first-order chi connectivity index (χ1) is 12.1. The molecule has 3 fully saturated rings. The summed E-state index contributed by atoms with van der Waals surface area (Å²) in [4.78, 5) is 12.0. The number of ketones is 1. The molecule has 0 amide bonds. The first-order valence-electron chi connectivity index (χ1n) is 10.1. The molecule has 0 aliphatic heterocycles. The lowest BCUT2D eigenvalue weighted by Gasteiger charge is -2.57. The monoisotopic (exact) mass is 370 g/mol. The number of halogens is 3. The number of Topliss-reactive ketones (excluding diaryl/α,β-unsaturated/α-hetero) is 1. The summed E-state index contributed by atoms with van der Waals surface area (Å²) < 4.78 is 39.3. The summed E-state index contributed by atoms with van der Waals surface area (Å²) in [5, 5.41) is 10.0. The average molecular weight is 370 g/mol. The Morgan fingerprint density at radius 1 is 1.12 bits per heavy atom. The van der Waals surface area contributed by atoms with Crippen molar-refractivity contribution in [3.8, 4) is 0 Å². The molecule has 26 heavy (non-hydrogen) atoms. The molecule has 146 valence electrons. The second-order valence-corrected chi connectivity index (χ2v) is 9.69. The van der Waals surface area contributed by atoms with Crippen LogP contribution >= 0.6 is 0 Å². The molecule has 0 spiro atoms. The lowest BCUT2D eigenvalue weighted by Crippen LogP contribution is -2.51. The van der Waals surface area contributed by atoms with E-state index < -0.39 is 23.3 Å². The molecule has 0 aromatic heterocycles. The molecule has 1 N–H and O–H groups in total. The summed E-state index contributed by atoms with van der Waals surface area (Å²) in [6.07, 6.45) is 3.48. The predicted molar refractivity (Wildman–Crippen MR) is 92.3 cm³/mol. The zero-order valence-electron chi connectivity index (χ0n) is 15.6. The Balaban J connectivity index is 1.63. The number of rotatable bonds is 1. The van der Waals surface area contributed by atoms with Crippen molar-refractivity contribution >= 4 is 5.78 Å². The van der Waals surface area contributed by atoms with Gasteiger partial charge in [0.2, 0.25) is 5.78 Å². The highest BCUT2D eigenvalue weighted by Crippen LogP contribution is 2.66. The Hall–Kier alpha value is -0.840. The number of hydrogen-bond acceptors (Lipinski definition) is 2. The molecule has 3 saturated carbocycles. The summed E-state index contributed by atoms with van der Waals surface area (Å²) in [5.41, 5.74) is 0.932.